The summed E-state index contributed by atoms with van der Waals surface area (Å²) in [6.45, 7) is 3.90. The third-order valence-electron chi connectivity index (χ3n) is 2.27. The van der Waals surface area contributed by atoms with Crippen LogP contribution in [0.15, 0.2) is 65.2 Å². The van der Waals surface area contributed by atoms with E-state index in [1.165, 1.54) is 10.6 Å². The van der Waals surface area contributed by atoms with E-state index in [2.05, 4.69) is 31.2 Å². The number of hydrogen-bond donors (Lipinski definition) is 0. The second kappa shape index (κ2) is 5.30. The van der Waals surface area contributed by atoms with Gasteiger partial charge in [-0.25, -0.2) is 0 Å². The highest BCUT2D eigenvalue weighted by molar-refractivity contribution is 7.75. The van der Waals surface area contributed by atoms with Crippen LogP contribution < -0.4 is 5.30 Å². The molecule has 0 bridgehead atoms. The number of allylic oxidation sites excluding steroid dienone is 4. The Morgan fingerprint density at radius 2 is 1.94 bits per heavy atom. The minimum absolute atomic E-state index is 0.639. The van der Waals surface area contributed by atoms with E-state index in [1.54, 1.807) is 0 Å². The van der Waals surface area contributed by atoms with Gasteiger partial charge in [-0.3, -0.25) is 0 Å². The molecule has 1 atom stereocenters. The van der Waals surface area contributed by atoms with Gasteiger partial charge in [-0.2, -0.15) is 0 Å². The van der Waals surface area contributed by atoms with Gasteiger partial charge in [-0.15, -0.1) is 0 Å². The van der Waals surface area contributed by atoms with Gasteiger partial charge in [0.15, 0.2) is 17.8 Å². The summed E-state index contributed by atoms with van der Waals surface area (Å²) in [6, 6.07) is 10.3. The summed E-state index contributed by atoms with van der Waals surface area (Å²) in [5, 5.41) is 2.48. The summed E-state index contributed by atoms with van der Waals surface area (Å²) in [5.41, 5.74) is 0. The highest BCUT2D eigenvalue weighted by Gasteiger charge is 2.29. The van der Waals surface area contributed by atoms with Gasteiger partial charge >= 0.3 is 0 Å². The first-order chi connectivity index (χ1) is 7.79. The second-order valence-electron chi connectivity index (χ2n) is 3.38. The zero-order valence-corrected chi connectivity index (χ0v) is 10.5. The van der Waals surface area contributed by atoms with Crippen molar-refractivity contribution in [3.63, 3.8) is 0 Å². The smallest absolute Gasteiger partial charge is 0.0824 e. The maximum Gasteiger partial charge on any atom is 0.191 e. The lowest BCUT2D eigenvalue weighted by Gasteiger charge is -2.11. The molecule has 1 aromatic rings. The maximum atomic E-state index is 6.15. The van der Waals surface area contributed by atoms with Crippen molar-refractivity contribution in [2.24, 2.45) is 0 Å². The van der Waals surface area contributed by atoms with Crippen molar-refractivity contribution in [3.05, 3.63) is 78.1 Å². The molecule has 0 nitrogen and oxygen atoms in total. The fourth-order valence-electron chi connectivity index (χ4n) is 1.58. The Morgan fingerprint density at radius 1 is 1.19 bits per heavy atom. The van der Waals surface area contributed by atoms with Gasteiger partial charge in [-0.05, 0) is 0 Å². The fourth-order valence-corrected chi connectivity index (χ4v) is 3.97. The Kier molecular flexibility index (Phi) is 3.77. The Bertz CT molecular complexity index is 431. The highest BCUT2D eigenvalue weighted by Crippen LogP contribution is 2.54. The highest BCUT2D eigenvalue weighted by atomic mass is 35.5. The first kappa shape index (κ1) is 11.4. The summed E-state index contributed by atoms with van der Waals surface area (Å²) >= 11 is 6.15. The lowest BCUT2D eigenvalue weighted by molar-refractivity contribution is 1.55. The molecule has 16 heavy (non-hydrogen) atoms. The molecule has 78 valence electrons. The second-order valence-corrected chi connectivity index (χ2v) is 6.35. The molecular formula is C14H12ClP+2. The molecular weight excluding hydrogens is 235 g/mol. The van der Waals surface area contributed by atoms with Crippen LogP contribution in [0.2, 0.25) is 0 Å². The summed E-state index contributed by atoms with van der Waals surface area (Å²) in [6.07, 6.45) is 10.3. The molecule has 2 rings (SSSR count). The van der Waals surface area contributed by atoms with Crippen molar-refractivity contribution in [3.8, 4) is 0 Å². The van der Waals surface area contributed by atoms with Gasteiger partial charge in [-0.1, -0.05) is 48.5 Å². The van der Waals surface area contributed by atoms with E-state index in [-0.39, 0.29) is 0 Å². The third-order valence-corrected chi connectivity index (χ3v) is 4.89. The zero-order valence-electron chi connectivity index (χ0n) is 8.81. The van der Waals surface area contributed by atoms with Crippen molar-refractivity contribution >= 4 is 24.8 Å². The summed E-state index contributed by atoms with van der Waals surface area (Å²) in [4.78, 5) is 0. The Labute approximate surface area is 103 Å². The van der Waals surface area contributed by atoms with E-state index in [4.69, 9.17) is 11.6 Å². The van der Waals surface area contributed by atoms with Crippen molar-refractivity contribution in [1.29, 1.82) is 0 Å². The monoisotopic (exact) mass is 246 g/mol. The van der Waals surface area contributed by atoms with Crippen LogP contribution in [0.25, 0.3) is 0 Å². The molecule has 0 saturated carbocycles. The number of benzene rings is 1. The standard InChI is InChI=1S/C14H12ClP/c1-12(15)16(13-8-4-2-5-9-13)14-10-6-3-7-11-14/h2-11H,1H2/q+2. The van der Waals surface area contributed by atoms with Crippen molar-refractivity contribution in [2.45, 2.75) is 0 Å². The topological polar surface area (TPSA) is 0 Å². The summed E-state index contributed by atoms with van der Waals surface area (Å²) in [5.74, 6) is 0. The molecule has 0 spiro atoms. The first-order valence-electron chi connectivity index (χ1n) is 5.03. The van der Waals surface area contributed by atoms with Crippen LogP contribution in [0.1, 0.15) is 0 Å². The molecule has 0 fully saturated rings. The Morgan fingerprint density at radius 3 is 2.50 bits per heavy atom. The van der Waals surface area contributed by atoms with E-state index in [0.29, 0.717) is 4.77 Å². The molecule has 0 heterocycles. The van der Waals surface area contributed by atoms with Crippen molar-refractivity contribution in [1.82, 2.24) is 0 Å². The first-order valence-corrected chi connectivity index (χ1v) is 6.75. The third kappa shape index (κ3) is 2.52. The quantitative estimate of drug-likeness (QED) is 0.549. The van der Waals surface area contributed by atoms with Gasteiger partial charge in [0.1, 0.15) is 18.6 Å². The number of rotatable bonds is 3. The van der Waals surface area contributed by atoms with Crippen LogP contribution in [0, 0.1) is 12.8 Å². The van der Waals surface area contributed by atoms with Gasteiger partial charge < -0.3 is 0 Å². The average molecular weight is 247 g/mol. The number of hydrogen-bond acceptors (Lipinski definition) is 0. The normalized spacial score (nSPS) is 15.7. The van der Waals surface area contributed by atoms with Crippen LogP contribution in [0.3, 0.4) is 0 Å². The van der Waals surface area contributed by atoms with Gasteiger partial charge in [0.05, 0.1) is 12.7 Å². The Hall–Kier alpha value is -1.10. The molecule has 0 N–H and O–H groups in total. The molecule has 2 heteroatoms. The minimum Gasteiger partial charge on any atom is -0.0824 e. The van der Waals surface area contributed by atoms with E-state index >= 15 is 0 Å². The van der Waals surface area contributed by atoms with E-state index in [1.807, 2.05) is 36.8 Å². The van der Waals surface area contributed by atoms with Crippen LogP contribution in [-0.2, 0) is 0 Å². The lowest BCUT2D eigenvalue weighted by Crippen LogP contribution is -2.02. The van der Waals surface area contributed by atoms with E-state index < -0.39 is 7.92 Å². The van der Waals surface area contributed by atoms with Crippen molar-refractivity contribution in [2.75, 3.05) is 0 Å². The maximum absolute atomic E-state index is 6.15. The lowest BCUT2D eigenvalue weighted by atomic mass is 10.2. The molecule has 0 aromatic heterocycles. The van der Waals surface area contributed by atoms with Crippen LogP contribution in [0.5, 0.6) is 0 Å². The van der Waals surface area contributed by atoms with Gasteiger partial charge in [0.2, 0.25) is 0 Å². The molecule has 0 saturated heterocycles. The minimum atomic E-state index is -0.639. The van der Waals surface area contributed by atoms with Crippen LogP contribution in [0.4, 0.5) is 0 Å². The Balaban J connectivity index is 2.31. The summed E-state index contributed by atoms with van der Waals surface area (Å²) < 4.78 is 0.715. The average Bonchev–Trinajstić information content (AvgIpc) is 2.31. The predicted molar refractivity (Wildman–Crippen MR) is 73.8 cm³/mol. The molecule has 0 radical (unpaired) electrons. The van der Waals surface area contributed by atoms with E-state index in [9.17, 15) is 0 Å². The zero-order chi connectivity index (χ0) is 11.4. The molecule has 1 aliphatic rings. The van der Waals surface area contributed by atoms with Gasteiger partial charge in [0.25, 0.3) is 0 Å². The molecule has 1 aromatic carbocycles. The van der Waals surface area contributed by atoms with Crippen LogP contribution >= 0.6 is 19.5 Å². The molecule has 0 aliphatic heterocycles. The van der Waals surface area contributed by atoms with Crippen LogP contribution in [-0.4, -0.2) is 0 Å². The summed E-state index contributed by atoms with van der Waals surface area (Å²) in [7, 11) is -0.639. The fraction of sp³-hybridized carbons (Fsp3) is 0. The largest absolute Gasteiger partial charge is 0.191 e. The number of halogens is 1. The van der Waals surface area contributed by atoms with E-state index in [0.717, 1.165) is 0 Å². The SMILES string of the molecule is C=C(Cl)P(C1=C[CH+]C=C[CH+]1)c1ccccc1. The van der Waals surface area contributed by atoms with Gasteiger partial charge in [0, 0.05) is 5.30 Å². The van der Waals surface area contributed by atoms with Crippen molar-refractivity contribution < 1.29 is 0 Å². The molecule has 0 amide bonds. The molecule has 1 unspecified atom stereocenters. The molecule has 1 aliphatic carbocycles. The predicted octanol–water partition coefficient (Wildman–Crippen LogP) is 4.37.